The molecule has 7 heteroatoms. The molecule has 0 aromatic heterocycles. The summed E-state index contributed by atoms with van der Waals surface area (Å²) < 4.78 is 17.2. The topological polar surface area (TPSA) is 55.3 Å². The summed E-state index contributed by atoms with van der Waals surface area (Å²) in [5.74, 6) is 2.62. The Bertz CT molecular complexity index is 589. The van der Waals surface area contributed by atoms with E-state index in [2.05, 4.69) is 34.3 Å². The number of rotatable bonds is 4. The summed E-state index contributed by atoms with van der Waals surface area (Å²) >= 11 is 0. The first kappa shape index (κ1) is 21.1. The van der Waals surface area contributed by atoms with E-state index in [1.54, 1.807) is 0 Å². The minimum absolute atomic E-state index is 0. The number of fused-ring (bicyclic) bond motifs is 1. The van der Waals surface area contributed by atoms with Gasteiger partial charge in [0, 0.05) is 39.7 Å². The van der Waals surface area contributed by atoms with Gasteiger partial charge in [0.2, 0.25) is 0 Å². The lowest BCUT2D eigenvalue weighted by atomic mass is 10.1. The molecule has 1 aromatic rings. The fourth-order valence-electron chi connectivity index (χ4n) is 3.30. The maximum absolute atomic E-state index is 5.77. The third-order valence-electron chi connectivity index (χ3n) is 4.62. The molecule has 26 heavy (non-hydrogen) atoms. The zero-order valence-electron chi connectivity index (χ0n) is 15.7. The number of hydrogen-bond donors (Lipinski definition) is 1. The molecule has 146 valence electrons. The van der Waals surface area contributed by atoms with E-state index in [4.69, 9.17) is 14.2 Å². The molecule has 2 aliphatic heterocycles. The zero-order chi connectivity index (χ0) is 17.5. The van der Waals surface area contributed by atoms with E-state index in [0.717, 1.165) is 68.6 Å². The molecule has 0 aliphatic carbocycles. The van der Waals surface area contributed by atoms with Gasteiger partial charge >= 0.3 is 0 Å². The Balaban J connectivity index is 0.00000243. The number of piperidine rings is 1. The predicted octanol–water partition coefficient (Wildman–Crippen LogP) is 3.04. The molecule has 0 atom stereocenters. The number of halogens is 1. The second-order valence-corrected chi connectivity index (χ2v) is 6.37. The highest BCUT2D eigenvalue weighted by atomic mass is 127. The third kappa shape index (κ3) is 5.64. The molecule has 1 fully saturated rings. The van der Waals surface area contributed by atoms with Crippen LogP contribution in [-0.4, -0.2) is 56.9 Å². The highest BCUT2D eigenvalue weighted by molar-refractivity contribution is 14.0. The SMILES string of the molecule is CCOC1CCN(C(=NC)NCc2ccc3c(c2)OCCCO3)CC1.I. The van der Waals surface area contributed by atoms with Crippen LogP contribution < -0.4 is 14.8 Å². The summed E-state index contributed by atoms with van der Waals surface area (Å²) in [7, 11) is 1.84. The van der Waals surface area contributed by atoms with Gasteiger partial charge < -0.3 is 24.4 Å². The van der Waals surface area contributed by atoms with Gasteiger partial charge in [-0.05, 0) is 37.5 Å². The second-order valence-electron chi connectivity index (χ2n) is 6.37. The van der Waals surface area contributed by atoms with Crippen molar-refractivity contribution in [3.05, 3.63) is 23.8 Å². The highest BCUT2D eigenvalue weighted by Gasteiger charge is 2.21. The van der Waals surface area contributed by atoms with Crippen molar-refractivity contribution in [2.45, 2.75) is 38.8 Å². The van der Waals surface area contributed by atoms with Crippen LogP contribution >= 0.6 is 24.0 Å². The first-order valence-electron chi connectivity index (χ1n) is 9.26. The molecule has 3 rings (SSSR count). The van der Waals surface area contributed by atoms with Crippen molar-refractivity contribution in [1.82, 2.24) is 10.2 Å². The van der Waals surface area contributed by atoms with Crippen LogP contribution in [0.2, 0.25) is 0 Å². The van der Waals surface area contributed by atoms with Gasteiger partial charge in [-0.2, -0.15) is 0 Å². The van der Waals surface area contributed by atoms with Gasteiger partial charge in [-0.25, -0.2) is 0 Å². The molecule has 0 radical (unpaired) electrons. The normalized spacial score (nSPS) is 18.1. The van der Waals surface area contributed by atoms with Gasteiger partial charge in [0.05, 0.1) is 19.3 Å². The monoisotopic (exact) mass is 475 g/mol. The molecule has 1 N–H and O–H groups in total. The zero-order valence-corrected chi connectivity index (χ0v) is 18.0. The van der Waals surface area contributed by atoms with Gasteiger partial charge in [0.25, 0.3) is 0 Å². The van der Waals surface area contributed by atoms with Gasteiger partial charge in [0.1, 0.15) is 0 Å². The molecule has 0 saturated carbocycles. The molecule has 6 nitrogen and oxygen atoms in total. The quantitative estimate of drug-likeness (QED) is 0.412. The number of benzene rings is 1. The Kier molecular flexibility index (Phi) is 8.77. The molecule has 2 aliphatic rings. The van der Waals surface area contributed by atoms with Crippen LogP contribution in [0, 0.1) is 0 Å². The van der Waals surface area contributed by atoms with Crippen molar-refractivity contribution in [2.75, 3.05) is 40.0 Å². The number of guanidine groups is 1. The molecule has 0 amide bonds. The number of hydrogen-bond acceptors (Lipinski definition) is 4. The van der Waals surface area contributed by atoms with E-state index >= 15 is 0 Å². The minimum Gasteiger partial charge on any atom is -0.490 e. The van der Waals surface area contributed by atoms with Crippen LogP contribution in [0.25, 0.3) is 0 Å². The van der Waals surface area contributed by atoms with Gasteiger partial charge in [-0.1, -0.05) is 6.07 Å². The molecule has 1 aromatic carbocycles. The molecular weight excluding hydrogens is 445 g/mol. The Morgan fingerprint density at radius 3 is 2.65 bits per heavy atom. The smallest absolute Gasteiger partial charge is 0.193 e. The summed E-state index contributed by atoms with van der Waals surface area (Å²) in [5.41, 5.74) is 1.16. The molecule has 0 bridgehead atoms. The Hall–Kier alpha value is -1.22. The van der Waals surface area contributed by atoms with Crippen LogP contribution in [0.5, 0.6) is 11.5 Å². The number of ether oxygens (including phenoxy) is 3. The maximum atomic E-state index is 5.77. The summed E-state index contributed by atoms with van der Waals surface area (Å²) in [6.07, 6.45) is 3.42. The lowest BCUT2D eigenvalue weighted by molar-refractivity contribution is 0.0263. The fourth-order valence-corrected chi connectivity index (χ4v) is 3.30. The minimum atomic E-state index is 0. The predicted molar refractivity (Wildman–Crippen MR) is 114 cm³/mol. The third-order valence-corrected chi connectivity index (χ3v) is 4.62. The lowest BCUT2D eigenvalue weighted by Gasteiger charge is -2.34. The fraction of sp³-hybridized carbons (Fsp3) is 0.632. The summed E-state index contributed by atoms with van der Waals surface area (Å²) in [5, 5.41) is 3.46. The van der Waals surface area contributed by atoms with E-state index in [1.807, 2.05) is 13.1 Å². The van der Waals surface area contributed by atoms with E-state index in [0.29, 0.717) is 19.3 Å². The van der Waals surface area contributed by atoms with E-state index in [1.165, 1.54) is 0 Å². The van der Waals surface area contributed by atoms with Gasteiger partial charge in [-0.15, -0.1) is 24.0 Å². The van der Waals surface area contributed by atoms with Crippen molar-refractivity contribution in [3.8, 4) is 11.5 Å². The molecule has 0 unspecified atom stereocenters. The number of nitrogens with zero attached hydrogens (tertiary/aromatic N) is 2. The van der Waals surface area contributed by atoms with Crippen LogP contribution in [-0.2, 0) is 11.3 Å². The van der Waals surface area contributed by atoms with E-state index in [-0.39, 0.29) is 24.0 Å². The van der Waals surface area contributed by atoms with Gasteiger partial charge in [-0.3, -0.25) is 4.99 Å². The number of likely N-dealkylation sites (tertiary alicyclic amines) is 1. The molecule has 0 spiro atoms. The molecule has 1 saturated heterocycles. The Morgan fingerprint density at radius 2 is 1.96 bits per heavy atom. The summed E-state index contributed by atoms with van der Waals surface area (Å²) in [4.78, 5) is 6.74. The number of nitrogens with one attached hydrogen (secondary N) is 1. The van der Waals surface area contributed by atoms with Crippen molar-refractivity contribution < 1.29 is 14.2 Å². The van der Waals surface area contributed by atoms with Crippen molar-refractivity contribution in [3.63, 3.8) is 0 Å². The highest BCUT2D eigenvalue weighted by Crippen LogP contribution is 2.30. The first-order chi connectivity index (χ1) is 12.3. The standard InChI is InChI=1S/C19H29N3O3.HI/c1-3-23-16-7-9-22(10-8-16)19(20-2)21-14-15-5-6-17-18(13-15)25-12-4-11-24-17;/h5-6,13,16H,3-4,7-12,14H2,1-2H3,(H,20,21);1H. The van der Waals surface area contributed by atoms with E-state index < -0.39 is 0 Å². The number of aliphatic imine (C=N–C) groups is 1. The molecule has 2 heterocycles. The largest absolute Gasteiger partial charge is 0.490 e. The summed E-state index contributed by atoms with van der Waals surface area (Å²) in [6, 6.07) is 6.13. The lowest BCUT2D eigenvalue weighted by Crippen LogP contribution is -2.46. The average Bonchev–Trinajstić information content (AvgIpc) is 2.88. The van der Waals surface area contributed by atoms with Crippen molar-refractivity contribution in [2.24, 2.45) is 4.99 Å². The Morgan fingerprint density at radius 1 is 1.23 bits per heavy atom. The van der Waals surface area contributed by atoms with Crippen LogP contribution in [0.3, 0.4) is 0 Å². The maximum Gasteiger partial charge on any atom is 0.193 e. The van der Waals surface area contributed by atoms with E-state index in [9.17, 15) is 0 Å². The van der Waals surface area contributed by atoms with Crippen molar-refractivity contribution in [1.29, 1.82) is 0 Å². The van der Waals surface area contributed by atoms with Crippen LogP contribution in [0.15, 0.2) is 23.2 Å². The first-order valence-corrected chi connectivity index (χ1v) is 9.26. The Labute approximate surface area is 173 Å². The molecular formula is C19H30IN3O3. The van der Waals surface area contributed by atoms with Gasteiger partial charge in [0.15, 0.2) is 17.5 Å². The van der Waals surface area contributed by atoms with Crippen LogP contribution in [0.4, 0.5) is 0 Å². The second kappa shape index (κ2) is 10.8. The average molecular weight is 475 g/mol. The van der Waals surface area contributed by atoms with Crippen LogP contribution in [0.1, 0.15) is 31.7 Å². The van der Waals surface area contributed by atoms with Crippen molar-refractivity contribution >= 4 is 29.9 Å². The summed E-state index contributed by atoms with van der Waals surface area (Å²) in [6.45, 7) is 6.95.